The van der Waals surface area contributed by atoms with Crippen molar-refractivity contribution in [2.75, 3.05) is 0 Å². The molecule has 0 bridgehead atoms. The van der Waals surface area contributed by atoms with Gasteiger partial charge in [-0.15, -0.1) is 0 Å². The second-order valence-electron chi connectivity index (χ2n) is 45.4. The summed E-state index contributed by atoms with van der Waals surface area (Å²) in [5.74, 6) is 5.95. The zero-order valence-electron chi connectivity index (χ0n) is 68.3. The standard InChI is InChI=1S/C20H36.C17H32.C16H30.C15H28.C14H26.C12H22/c1-18(2,3)17-7-11-20(12-8-17)15-13-19(14-16-20)9-5-4-6-10-19;1-16(2,3)15-10-9-13-17(14-15)11-7-5-4-6-8-12-17;1-15(2,3)14-9-8-12-16(13-14)10-6-4-5-7-11-16;1-14(2,3)13-8-7-11-15(12-13)9-5-4-6-10-15;1-13(2,3)12-7-6-10-14(11-12)8-4-5-9-14;1-11(2,3)10-5-4-6-12(9-10)7-8-12/h17H,4-16H2,1-3H3;15H,4-14H2,1-3H3;14H,4-13H2,1-3H3;13H,4-12H2,1-3H3;12H,4-11H2,1-3H3;10H,4-9H2,1-3H3. The van der Waals surface area contributed by atoms with Crippen LogP contribution in [0.25, 0.3) is 0 Å². The van der Waals surface area contributed by atoms with E-state index in [0.29, 0.717) is 32.5 Å². The molecule has 0 radical (unpaired) electrons. The monoisotopic (exact) mass is 1300 g/mol. The molecule has 13 saturated carbocycles. The lowest BCUT2D eigenvalue weighted by Crippen LogP contribution is -2.39. The van der Waals surface area contributed by atoms with E-state index < -0.39 is 0 Å². The van der Waals surface area contributed by atoms with Gasteiger partial charge in [0, 0.05) is 0 Å². The van der Waals surface area contributed by atoms with Crippen LogP contribution >= 0.6 is 0 Å². The molecular weight excluding hydrogens is 1130 g/mol. The van der Waals surface area contributed by atoms with Crippen LogP contribution in [0, 0.1) is 106 Å². The molecule has 0 aromatic rings. The van der Waals surface area contributed by atoms with Crippen molar-refractivity contribution < 1.29 is 0 Å². The van der Waals surface area contributed by atoms with Crippen molar-refractivity contribution >= 4 is 0 Å². The molecular formula is C94H174. The molecule has 0 aliphatic heterocycles. The van der Waals surface area contributed by atoms with Crippen LogP contribution in [0.3, 0.4) is 0 Å². The van der Waals surface area contributed by atoms with E-state index in [4.69, 9.17) is 0 Å². The minimum Gasteiger partial charge on any atom is -0.0599 e. The van der Waals surface area contributed by atoms with Crippen LogP contribution in [0.15, 0.2) is 0 Å². The summed E-state index contributed by atoms with van der Waals surface area (Å²) in [7, 11) is 0. The zero-order chi connectivity index (χ0) is 68.3. The molecule has 0 saturated heterocycles. The Morgan fingerprint density at radius 1 is 0.138 bits per heavy atom. The van der Waals surface area contributed by atoms with Gasteiger partial charge < -0.3 is 0 Å². The van der Waals surface area contributed by atoms with Gasteiger partial charge in [-0.25, -0.2) is 0 Å². The first-order valence-electron chi connectivity index (χ1n) is 44.0. The lowest BCUT2D eigenvalue weighted by atomic mass is 9.54. The van der Waals surface area contributed by atoms with Gasteiger partial charge in [0.05, 0.1) is 0 Å². The zero-order valence-corrected chi connectivity index (χ0v) is 68.3. The molecule has 5 atom stereocenters. The molecule has 0 aromatic carbocycles. The third-order valence-corrected chi connectivity index (χ3v) is 32.5. The van der Waals surface area contributed by atoms with Gasteiger partial charge in [-0.05, 0) is 331 Å². The second-order valence-corrected chi connectivity index (χ2v) is 45.4. The van der Waals surface area contributed by atoms with Crippen molar-refractivity contribution in [1.82, 2.24) is 0 Å². The van der Waals surface area contributed by atoms with Gasteiger partial charge in [0.2, 0.25) is 0 Å². The van der Waals surface area contributed by atoms with Crippen LogP contribution in [-0.4, -0.2) is 0 Å². The van der Waals surface area contributed by atoms with Crippen LogP contribution in [0.2, 0.25) is 0 Å². The van der Waals surface area contributed by atoms with Crippen molar-refractivity contribution in [3.05, 3.63) is 0 Å². The molecule has 13 aliphatic rings. The maximum absolute atomic E-state index is 2.46. The van der Waals surface area contributed by atoms with Gasteiger partial charge in [0.15, 0.2) is 0 Å². The maximum atomic E-state index is 2.46. The second kappa shape index (κ2) is 33.6. The van der Waals surface area contributed by atoms with E-state index in [9.17, 15) is 0 Å². The molecule has 0 heteroatoms. The molecule has 0 aromatic heterocycles. The summed E-state index contributed by atoms with van der Waals surface area (Å²) in [4.78, 5) is 0. The number of hydrogen-bond donors (Lipinski definition) is 0. The minimum absolute atomic E-state index is 0.537. The fraction of sp³-hybridized carbons (Fsp3) is 1.00. The first kappa shape index (κ1) is 79.7. The van der Waals surface area contributed by atoms with Crippen molar-refractivity contribution in [2.45, 2.75) is 491 Å². The quantitative estimate of drug-likeness (QED) is 0.227. The van der Waals surface area contributed by atoms with Gasteiger partial charge in [-0.1, -0.05) is 266 Å². The first-order chi connectivity index (χ1) is 44.0. The molecule has 94 heavy (non-hydrogen) atoms. The van der Waals surface area contributed by atoms with E-state index in [-0.39, 0.29) is 0 Å². The van der Waals surface area contributed by atoms with E-state index in [0.717, 1.165) is 73.4 Å². The van der Waals surface area contributed by atoms with E-state index in [1.165, 1.54) is 218 Å². The molecule has 0 heterocycles. The number of rotatable bonds is 0. The van der Waals surface area contributed by atoms with Gasteiger partial charge in [-0.3, -0.25) is 0 Å². The highest BCUT2D eigenvalue weighted by Gasteiger charge is 2.50. The van der Waals surface area contributed by atoms with Gasteiger partial charge in [0.1, 0.15) is 0 Å². The normalized spacial score (nSPS) is 31.7. The van der Waals surface area contributed by atoms with E-state index in [1.54, 1.807) is 148 Å². The topological polar surface area (TPSA) is 0 Å². The van der Waals surface area contributed by atoms with Gasteiger partial charge in [0.25, 0.3) is 0 Å². The highest BCUT2D eigenvalue weighted by Crippen LogP contribution is 2.62. The predicted octanol–water partition coefficient (Wildman–Crippen LogP) is 32.2. The summed E-state index contributed by atoms with van der Waals surface area (Å²) in [6.45, 7) is 44.0. The molecule has 13 aliphatic carbocycles. The minimum atomic E-state index is 0.537. The Labute approximate surface area is 593 Å². The van der Waals surface area contributed by atoms with Crippen molar-refractivity contribution in [3.63, 3.8) is 0 Å². The van der Waals surface area contributed by atoms with Gasteiger partial charge >= 0.3 is 0 Å². The average Bonchev–Trinajstić information content (AvgIpc) is 1.31. The summed E-state index contributed by atoms with van der Waals surface area (Å²) >= 11 is 0. The van der Waals surface area contributed by atoms with E-state index in [2.05, 4.69) is 125 Å². The van der Waals surface area contributed by atoms with Crippen molar-refractivity contribution in [1.29, 1.82) is 0 Å². The van der Waals surface area contributed by atoms with E-state index in [1.807, 2.05) is 0 Å². The summed E-state index contributed by atoms with van der Waals surface area (Å²) < 4.78 is 0. The van der Waals surface area contributed by atoms with E-state index >= 15 is 0 Å². The van der Waals surface area contributed by atoms with Crippen LogP contribution in [0.1, 0.15) is 491 Å². The number of hydrogen-bond acceptors (Lipinski definition) is 0. The fourth-order valence-electron chi connectivity index (χ4n) is 24.7. The third-order valence-electron chi connectivity index (χ3n) is 32.5. The summed E-state index contributed by atoms with van der Waals surface area (Å²) in [5.41, 5.74) is 8.85. The molecule has 0 N–H and O–H groups in total. The highest BCUT2D eigenvalue weighted by atomic mass is 14.5. The smallest absolute Gasteiger partial charge is 0.0294 e. The van der Waals surface area contributed by atoms with Crippen molar-refractivity contribution in [2.24, 2.45) is 106 Å². The largest absolute Gasteiger partial charge is 0.0599 e. The molecule has 0 nitrogen and oxygen atoms in total. The molecule has 5 unspecified atom stereocenters. The Kier molecular flexibility index (Phi) is 28.5. The average molecular weight is 1300 g/mol. The van der Waals surface area contributed by atoms with Crippen LogP contribution < -0.4 is 0 Å². The van der Waals surface area contributed by atoms with Crippen LogP contribution in [-0.2, 0) is 0 Å². The lowest BCUT2D eigenvalue weighted by Gasteiger charge is -2.52. The molecule has 7 spiro atoms. The Hall–Kier alpha value is 0. The Morgan fingerprint density at radius 2 is 0.287 bits per heavy atom. The Morgan fingerprint density at radius 3 is 0.500 bits per heavy atom. The van der Waals surface area contributed by atoms with Crippen LogP contribution in [0.4, 0.5) is 0 Å². The van der Waals surface area contributed by atoms with Crippen molar-refractivity contribution in [3.8, 4) is 0 Å². The lowest BCUT2D eigenvalue weighted by molar-refractivity contribution is -0.000742. The molecule has 13 rings (SSSR count). The first-order valence-corrected chi connectivity index (χ1v) is 44.0. The van der Waals surface area contributed by atoms with Crippen LogP contribution in [0.5, 0.6) is 0 Å². The third kappa shape index (κ3) is 23.8. The van der Waals surface area contributed by atoms with Gasteiger partial charge in [-0.2, -0.15) is 0 Å². The predicted molar refractivity (Wildman–Crippen MR) is 418 cm³/mol. The Bertz CT molecular complexity index is 2090. The summed E-state index contributed by atoms with van der Waals surface area (Å²) in [6, 6.07) is 0. The summed E-state index contributed by atoms with van der Waals surface area (Å²) in [6.07, 6.45) is 87.0. The Balaban J connectivity index is 0.000000146. The summed E-state index contributed by atoms with van der Waals surface area (Å²) in [5, 5.41) is 0. The fourth-order valence-corrected chi connectivity index (χ4v) is 24.7. The maximum Gasteiger partial charge on any atom is -0.0294 e. The molecule has 0 amide bonds. The highest BCUT2D eigenvalue weighted by molar-refractivity contribution is 5.01. The molecule has 13 fully saturated rings. The molecule has 550 valence electrons. The SMILES string of the molecule is CC(C)(C)C1CCC2(CC1)CCC1(CCCCC1)CC2.CC(C)(C)C1CCCC2(CC2)C1.CC(C)(C)C1CCCC2(CCCC2)C1.CC(C)(C)C1CCCC2(CCCCC2)C1.CC(C)(C)C1CCCC2(CCCCCC2)C1.CC(C)(C)C1CCCC2(CCCCCCC2)C1.